The van der Waals surface area contributed by atoms with Gasteiger partial charge < -0.3 is 10.1 Å². The predicted molar refractivity (Wildman–Crippen MR) is 83.1 cm³/mol. The number of fused-ring (bicyclic) bond motifs is 1. The third kappa shape index (κ3) is 2.52. The van der Waals surface area contributed by atoms with Gasteiger partial charge in [0.25, 0.3) is 0 Å². The van der Waals surface area contributed by atoms with Crippen LogP contribution < -0.4 is 0 Å². The molecule has 0 aliphatic carbocycles. The van der Waals surface area contributed by atoms with Crippen molar-refractivity contribution in [1.29, 1.82) is 0 Å². The molecule has 0 amide bonds. The second-order valence-corrected chi connectivity index (χ2v) is 5.13. The maximum absolute atomic E-state index is 13.4. The number of nitrogens with zero attached hydrogens (tertiary/aromatic N) is 1. The molecule has 1 heterocycles. The number of aromatic hydroxyl groups is 1. The van der Waals surface area contributed by atoms with E-state index >= 15 is 0 Å². The van der Waals surface area contributed by atoms with Crippen molar-refractivity contribution in [3.05, 3.63) is 58.9 Å². The molecular formula is C17H15FN2O. The van der Waals surface area contributed by atoms with Crippen molar-refractivity contribution in [1.82, 2.24) is 4.98 Å². The molecule has 106 valence electrons. The Kier molecular flexibility index (Phi) is 3.22. The minimum Gasteiger partial charge on any atom is -0.494 e. The molecule has 0 saturated carbocycles. The van der Waals surface area contributed by atoms with Gasteiger partial charge in [-0.15, -0.1) is 0 Å². The van der Waals surface area contributed by atoms with Crippen molar-refractivity contribution in [2.24, 2.45) is 4.99 Å². The van der Waals surface area contributed by atoms with Crippen LogP contribution in [-0.2, 0) is 0 Å². The zero-order valence-corrected chi connectivity index (χ0v) is 11.8. The molecule has 3 rings (SSSR count). The van der Waals surface area contributed by atoms with E-state index in [4.69, 9.17) is 0 Å². The van der Waals surface area contributed by atoms with Crippen LogP contribution in [0.3, 0.4) is 0 Å². The number of aryl methyl sites for hydroxylation is 2. The number of aromatic nitrogens is 1. The molecule has 0 saturated heterocycles. The Labute approximate surface area is 121 Å². The van der Waals surface area contributed by atoms with Gasteiger partial charge in [-0.25, -0.2) is 4.39 Å². The molecule has 0 aliphatic heterocycles. The number of nitrogens with one attached hydrogen (secondary N) is 1. The number of hydrogen-bond donors (Lipinski definition) is 2. The van der Waals surface area contributed by atoms with Gasteiger partial charge in [0.15, 0.2) is 5.88 Å². The Morgan fingerprint density at radius 3 is 2.71 bits per heavy atom. The summed E-state index contributed by atoms with van der Waals surface area (Å²) in [5, 5.41) is 10.6. The number of aliphatic imine (C=N–C) groups is 1. The summed E-state index contributed by atoms with van der Waals surface area (Å²) in [6.07, 6.45) is 1.56. The Balaban J connectivity index is 2.06. The summed E-state index contributed by atoms with van der Waals surface area (Å²) in [5.74, 6) is -0.355. The van der Waals surface area contributed by atoms with E-state index in [1.807, 2.05) is 32.0 Å². The molecule has 3 aromatic rings. The number of halogens is 1. The zero-order chi connectivity index (χ0) is 15.0. The van der Waals surface area contributed by atoms with Gasteiger partial charge >= 0.3 is 0 Å². The van der Waals surface area contributed by atoms with E-state index in [9.17, 15) is 9.50 Å². The standard InChI is InChI=1S/C17H15FN2O/c1-10-3-5-15(11(2)7-10)19-9-14-13-8-12(18)4-6-16(13)20-17(14)21/h3-9,20-21H,1-2H3. The van der Waals surface area contributed by atoms with Crippen molar-refractivity contribution in [2.45, 2.75) is 13.8 Å². The monoisotopic (exact) mass is 282 g/mol. The average molecular weight is 282 g/mol. The Bertz CT molecular complexity index is 849. The summed E-state index contributed by atoms with van der Waals surface area (Å²) in [7, 11) is 0. The zero-order valence-electron chi connectivity index (χ0n) is 11.8. The van der Waals surface area contributed by atoms with Gasteiger partial charge in [0.1, 0.15) is 5.82 Å². The van der Waals surface area contributed by atoms with Crippen molar-refractivity contribution >= 4 is 22.8 Å². The molecule has 0 spiro atoms. The molecule has 2 aromatic carbocycles. The SMILES string of the molecule is Cc1ccc(N=Cc2c(O)[nH]c3ccc(F)cc23)c(C)c1. The number of benzene rings is 2. The van der Waals surface area contributed by atoms with Gasteiger partial charge in [-0.3, -0.25) is 4.99 Å². The van der Waals surface area contributed by atoms with Gasteiger partial charge in [0.2, 0.25) is 0 Å². The minimum absolute atomic E-state index is 0.0101. The molecule has 21 heavy (non-hydrogen) atoms. The van der Waals surface area contributed by atoms with Crippen LogP contribution in [0.25, 0.3) is 10.9 Å². The lowest BCUT2D eigenvalue weighted by Gasteiger charge is -2.01. The fraction of sp³-hybridized carbons (Fsp3) is 0.118. The maximum Gasteiger partial charge on any atom is 0.198 e. The Morgan fingerprint density at radius 1 is 1.14 bits per heavy atom. The molecule has 2 N–H and O–H groups in total. The van der Waals surface area contributed by atoms with Crippen LogP contribution >= 0.6 is 0 Å². The second kappa shape index (κ2) is 5.05. The smallest absolute Gasteiger partial charge is 0.198 e. The van der Waals surface area contributed by atoms with Crippen molar-refractivity contribution in [2.75, 3.05) is 0 Å². The number of hydrogen-bond acceptors (Lipinski definition) is 2. The largest absolute Gasteiger partial charge is 0.494 e. The highest BCUT2D eigenvalue weighted by atomic mass is 19.1. The average Bonchev–Trinajstić information content (AvgIpc) is 2.73. The van der Waals surface area contributed by atoms with E-state index in [2.05, 4.69) is 9.98 Å². The lowest BCUT2D eigenvalue weighted by Crippen LogP contribution is -1.82. The Morgan fingerprint density at radius 2 is 1.95 bits per heavy atom. The molecule has 0 radical (unpaired) electrons. The molecular weight excluding hydrogens is 267 g/mol. The van der Waals surface area contributed by atoms with Crippen LogP contribution in [-0.4, -0.2) is 16.3 Å². The topological polar surface area (TPSA) is 48.4 Å². The summed E-state index contributed by atoms with van der Waals surface area (Å²) in [6.45, 7) is 4.00. The van der Waals surface area contributed by atoms with Crippen LogP contribution in [0.15, 0.2) is 41.4 Å². The van der Waals surface area contributed by atoms with Crippen LogP contribution in [0.4, 0.5) is 10.1 Å². The number of rotatable bonds is 2. The van der Waals surface area contributed by atoms with Gasteiger partial charge in [0.05, 0.1) is 11.3 Å². The van der Waals surface area contributed by atoms with Gasteiger partial charge in [-0.2, -0.15) is 0 Å². The summed E-state index contributed by atoms with van der Waals surface area (Å²) >= 11 is 0. The molecule has 0 bridgehead atoms. The summed E-state index contributed by atoms with van der Waals surface area (Å²) in [4.78, 5) is 7.21. The normalized spacial score (nSPS) is 11.6. The van der Waals surface area contributed by atoms with E-state index in [0.717, 1.165) is 11.3 Å². The van der Waals surface area contributed by atoms with Crippen LogP contribution in [0, 0.1) is 19.7 Å². The molecule has 3 nitrogen and oxygen atoms in total. The number of aromatic amines is 1. The van der Waals surface area contributed by atoms with E-state index in [0.29, 0.717) is 16.5 Å². The van der Waals surface area contributed by atoms with E-state index in [-0.39, 0.29) is 11.7 Å². The number of H-pyrrole nitrogens is 1. The lowest BCUT2D eigenvalue weighted by atomic mass is 10.1. The summed E-state index contributed by atoms with van der Waals surface area (Å²) in [5.41, 5.74) is 4.21. The first-order valence-corrected chi connectivity index (χ1v) is 6.66. The van der Waals surface area contributed by atoms with Gasteiger partial charge in [-0.05, 0) is 43.7 Å². The quantitative estimate of drug-likeness (QED) is 0.673. The fourth-order valence-electron chi connectivity index (χ4n) is 2.39. The Hall–Kier alpha value is -2.62. The second-order valence-electron chi connectivity index (χ2n) is 5.13. The summed E-state index contributed by atoms with van der Waals surface area (Å²) in [6, 6.07) is 10.3. The molecule has 1 aromatic heterocycles. The lowest BCUT2D eigenvalue weighted by molar-refractivity contribution is 0.457. The summed E-state index contributed by atoms with van der Waals surface area (Å²) < 4.78 is 13.4. The van der Waals surface area contributed by atoms with Crippen molar-refractivity contribution < 1.29 is 9.50 Å². The molecule has 0 aliphatic rings. The third-order valence-corrected chi connectivity index (χ3v) is 3.47. The van der Waals surface area contributed by atoms with E-state index < -0.39 is 0 Å². The fourth-order valence-corrected chi connectivity index (χ4v) is 2.39. The predicted octanol–water partition coefficient (Wildman–Crippen LogP) is 4.38. The van der Waals surface area contributed by atoms with E-state index in [1.54, 1.807) is 12.3 Å². The molecule has 0 unspecified atom stereocenters. The first-order valence-electron chi connectivity index (χ1n) is 6.66. The van der Waals surface area contributed by atoms with Crippen molar-refractivity contribution in [3.63, 3.8) is 0 Å². The van der Waals surface area contributed by atoms with Gasteiger partial charge in [0, 0.05) is 17.1 Å². The highest BCUT2D eigenvalue weighted by molar-refractivity contribution is 6.02. The third-order valence-electron chi connectivity index (χ3n) is 3.47. The van der Waals surface area contributed by atoms with Crippen LogP contribution in [0.1, 0.15) is 16.7 Å². The highest BCUT2D eigenvalue weighted by Gasteiger charge is 2.09. The van der Waals surface area contributed by atoms with Crippen LogP contribution in [0.2, 0.25) is 0 Å². The molecule has 0 fully saturated rings. The van der Waals surface area contributed by atoms with E-state index in [1.165, 1.54) is 17.7 Å². The van der Waals surface area contributed by atoms with Crippen LogP contribution in [0.5, 0.6) is 5.88 Å². The van der Waals surface area contributed by atoms with Gasteiger partial charge in [-0.1, -0.05) is 17.7 Å². The first-order chi connectivity index (χ1) is 10.0. The maximum atomic E-state index is 13.4. The van der Waals surface area contributed by atoms with Crippen molar-refractivity contribution in [3.8, 4) is 5.88 Å². The minimum atomic E-state index is -0.345. The highest BCUT2D eigenvalue weighted by Crippen LogP contribution is 2.27. The molecule has 0 atom stereocenters. The molecule has 4 heteroatoms. The first kappa shape index (κ1) is 13.4.